The fraction of sp³-hybridized carbons (Fsp3) is 0.212. The van der Waals surface area contributed by atoms with Gasteiger partial charge in [-0.3, -0.25) is 10.1 Å². The highest BCUT2D eigenvalue weighted by atomic mass is 16.6. The van der Waals surface area contributed by atoms with Crippen molar-refractivity contribution in [3.63, 3.8) is 0 Å². The van der Waals surface area contributed by atoms with E-state index in [9.17, 15) is 14.7 Å². The van der Waals surface area contributed by atoms with Crippen LogP contribution >= 0.6 is 0 Å². The molecule has 42 heavy (non-hydrogen) atoms. The molecule has 2 amide bonds. The van der Waals surface area contributed by atoms with Crippen LogP contribution in [0.15, 0.2) is 97.1 Å². The Kier molecular flexibility index (Phi) is 10.4. The van der Waals surface area contributed by atoms with Gasteiger partial charge in [0, 0.05) is 12.0 Å². The second kappa shape index (κ2) is 14.6. The van der Waals surface area contributed by atoms with Gasteiger partial charge >= 0.3 is 6.09 Å². The molecule has 0 aliphatic carbocycles. The summed E-state index contributed by atoms with van der Waals surface area (Å²) in [4.78, 5) is 25.6. The van der Waals surface area contributed by atoms with Gasteiger partial charge in [0.1, 0.15) is 0 Å². The first-order valence-electron chi connectivity index (χ1n) is 13.7. The van der Waals surface area contributed by atoms with Crippen molar-refractivity contribution in [1.82, 2.24) is 0 Å². The fourth-order valence-corrected chi connectivity index (χ4v) is 4.60. The number of ether oxygens (including phenoxy) is 3. The molecule has 218 valence electrons. The van der Waals surface area contributed by atoms with E-state index in [1.807, 2.05) is 43.3 Å². The number of nitrogen functional groups attached to an aromatic ring is 1. The Labute approximate surface area is 244 Å². The number of carbonyl (C=O) groups excluding carboxylic acids is 2. The third kappa shape index (κ3) is 7.80. The molecule has 0 unspecified atom stereocenters. The maximum atomic E-state index is 13.2. The van der Waals surface area contributed by atoms with Crippen LogP contribution in [0.5, 0.6) is 11.5 Å². The van der Waals surface area contributed by atoms with Gasteiger partial charge in [-0.05, 0) is 67.1 Å². The van der Waals surface area contributed by atoms with Crippen LogP contribution in [0.1, 0.15) is 31.4 Å². The number of phenolic OH excluding ortho intramolecular Hbond substituents is 1. The lowest BCUT2D eigenvalue weighted by Gasteiger charge is -2.27. The molecule has 9 nitrogen and oxygen atoms in total. The summed E-state index contributed by atoms with van der Waals surface area (Å²) in [5, 5.41) is 17.9. The summed E-state index contributed by atoms with van der Waals surface area (Å²) in [6, 6.07) is 25.1. The Hall–Kier alpha value is -5.02. The summed E-state index contributed by atoms with van der Waals surface area (Å²) in [6.45, 7) is 2.20. The maximum absolute atomic E-state index is 13.2. The van der Waals surface area contributed by atoms with E-state index in [2.05, 4.69) is 10.6 Å². The molecule has 0 fully saturated rings. The molecule has 2 atom stereocenters. The van der Waals surface area contributed by atoms with Crippen molar-refractivity contribution in [2.45, 2.75) is 32.0 Å². The number of anilines is 3. The Morgan fingerprint density at radius 1 is 0.952 bits per heavy atom. The number of carbonyl (C=O) groups is 2. The normalized spacial score (nSPS) is 12.5. The lowest BCUT2D eigenvalue weighted by Crippen LogP contribution is -2.29. The van der Waals surface area contributed by atoms with Crippen molar-refractivity contribution in [3.05, 3.63) is 103 Å². The molecule has 4 rings (SSSR count). The molecule has 0 bridgehead atoms. The summed E-state index contributed by atoms with van der Waals surface area (Å²) in [5.41, 5.74) is 8.04. The van der Waals surface area contributed by atoms with E-state index in [-0.39, 0.29) is 11.7 Å². The van der Waals surface area contributed by atoms with Crippen molar-refractivity contribution >= 4 is 39.8 Å². The van der Waals surface area contributed by atoms with Crippen LogP contribution < -0.4 is 21.1 Å². The van der Waals surface area contributed by atoms with Crippen LogP contribution in [0, 0.1) is 0 Å². The average molecular weight is 570 g/mol. The monoisotopic (exact) mass is 569 g/mol. The number of benzene rings is 4. The molecule has 0 saturated carbocycles. The summed E-state index contributed by atoms with van der Waals surface area (Å²) in [7, 11) is 1.46. The number of aromatic hydroxyl groups is 1. The smallest absolute Gasteiger partial charge is 0.412 e. The van der Waals surface area contributed by atoms with Crippen LogP contribution in [-0.2, 0) is 14.3 Å². The topological polar surface area (TPSA) is 132 Å². The number of amides is 2. The number of allylic oxidation sites excluding steroid dienone is 1. The molecule has 0 spiro atoms. The highest BCUT2D eigenvalue weighted by Crippen LogP contribution is 2.34. The van der Waals surface area contributed by atoms with Gasteiger partial charge in [0.25, 0.3) is 0 Å². The standard InChI is InChI=1S/C33H35N3O6/c1-3-41-30(17-8-9-18-31(38)35-27-15-7-6-14-25(27)34)32(23-19-20-29(40-2)28(37)21-23)42-33(39)36-26-16-10-12-22-11-4-5-13-24(22)26/h4-7,9-16,18-21,30,32,37H,3,8,17,34H2,1-2H3,(H,35,38)(H,36,39)/b18-9+/t30-,32-/m0/s1. The summed E-state index contributed by atoms with van der Waals surface area (Å²) >= 11 is 0. The maximum Gasteiger partial charge on any atom is 0.412 e. The van der Waals surface area contributed by atoms with E-state index < -0.39 is 18.3 Å². The zero-order chi connectivity index (χ0) is 29.9. The molecule has 0 saturated heterocycles. The number of fused-ring (bicyclic) bond motifs is 1. The lowest BCUT2D eigenvalue weighted by atomic mass is 9.99. The fourth-order valence-electron chi connectivity index (χ4n) is 4.60. The van der Waals surface area contributed by atoms with Crippen molar-refractivity contribution in [2.24, 2.45) is 0 Å². The van der Waals surface area contributed by atoms with E-state index >= 15 is 0 Å². The SMILES string of the molecule is CCO[C@@H](CC/C=C/C(=O)Nc1ccccc1N)[C@@H](OC(=O)Nc1cccc2ccccc12)c1ccc(OC)c(O)c1. The van der Waals surface area contributed by atoms with E-state index in [0.29, 0.717) is 47.8 Å². The number of para-hydroxylation sites is 2. The van der Waals surface area contributed by atoms with E-state index in [1.165, 1.54) is 19.3 Å². The van der Waals surface area contributed by atoms with Gasteiger partial charge in [0.15, 0.2) is 17.6 Å². The minimum Gasteiger partial charge on any atom is -0.504 e. The second-order valence-electron chi connectivity index (χ2n) is 9.46. The number of methoxy groups -OCH3 is 1. The molecule has 4 aromatic rings. The van der Waals surface area contributed by atoms with Crippen molar-refractivity contribution in [2.75, 3.05) is 30.1 Å². The number of nitrogens with one attached hydrogen (secondary N) is 2. The van der Waals surface area contributed by atoms with Crippen LogP contribution in [0.25, 0.3) is 10.8 Å². The van der Waals surface area contributed by atoms with Crippen molar-refractivity contribution in [1.29, 1.82) is 0 Å². The number of hydrogen-bond acceptors (Lipinski definition) is 7. The number of phenols is 1. The van der Waals surface area contributed by atoms with Crippen molar-refractivity contribution in [3.8, 4) is 11.5 Å². The van der Waals surface area contributed by atoms with Crippen LogP contribution in [0.4, 0.5) is 21.9 Å². The predicted molar refractivity (Wildman–Crippen MR) is 165 cm³/mol. The number of nitrogens with two attached hydrogens (primary N) is 1. The number of hydrogen-bond donors (Lipinski definition) is 4. The van der Waals surface area contributed by atoms with Gasteiger partial charge in [-0.25, -0.2) is 4.79 Å². The third-order valence-corrected chi connectivity index (χ3v) is 6.62. The van der Waals surface area contributed by atoms with Gasteiger partial charge in [0.2, 0.25) is 5.91 Å². The van der Waals surface area contributed by atoms with E-state index in [0.717, 1.165) is 10.8 Å². The molecular formula is C33H35N3O6. The molecule has 0 radical (unpaired) electrons. The third-order valence-electron chi connectivity index (χ3n) is 6.62. The van der Waals surface area contributed by atoms with Crippen LogP contribution in [0.2, 0.25) is 0 Å². The Balaban J connectivity index is 1.51. The van der Waals surface area contributed by atoms with Gasteiger partial charge in [-0.1, -0.05) is 60.7 Å². The Bertz CT molecular complexity index is 1550. The summed E-state index contributed by atoms with van der Waals surface area (Å²) in [6.07, 6.45) is 1.89. The average Bonchev–Trinajstić information content (AvgIpc) is 2.99. The quantitative estimate of drug-likeness (QED) is 0.109. The first-order valence-corrected chi connectivity index (χ1v) is 13.7. The molecule has 5 N–H and O–H groups in total. The molecule has 0 heterocycles. The molecule has 9 heteroatoms. The minimum atomic E-state index is -0.872. The lowest BCUT2D eigenvalue weighted by molar-refractivity contribution is -0.111. The highest BCUT2D eigenvalue weighted by molar-refractivity contribution is 6.01. The van der Waals surface area contributed by atoms with E-state index in [4.69, 9.17) is 19.9 Å². The number of rotatable bonds is 12. The van der Waals surface area contributed by atoms with E-state index in [1.54, 1.807) is 48.5 Å². The highest BCUT2D eigenvalue weighted by Gasteiger charge is 2.28. The first-order chi connectivity index (χ1) is 20.4. The summed E-state index contributed by atoms with van der Waals surface area (Å²) in [5.74, 6) is -0.119. The second-order valence-corrected chi connectivity index (χ2v) is 9.46. The zero-order valence-electron chi connectivity index (χ0n) is 23.6. The molecule has 0 aromatic heterocycles. The van der Waals surface area contributed by atoms with Gasteiger partial charge in [-0.15, -0.1) is 0 Å². The summed E-state index contributed by atoms with van der Waals surface area (Å²) < 4.78 is 17.2. The zero-order valence-corrected chi connectivity index (χ0v) is 23.6. The molecule has 4 aromatic carbocycles. The first kappa shape index (κ1) is 30.0. The van der Waals surface area contributed by atoms with Crippen molar-refractivity contribution < 1.29 is 28.9 Å². The van der Waals surface area contributed by atoms with Gasteiger partial charge in [-0.2, -0.15) is 0 Å². The van der Waals surface area contributed by atoms with Crippen LogP contribution in [0.3, 0.4) is 0 Å². The van der Waals surface area contributed by atoms with Gasteiger partial charge < -0.3 is 30.4 Å². The minimum absolute atomic E-state index is 0.0925. The Morgan fingerprint density at radius 3 is 2.45 bits per heavy atom. The molecule has 0 aliphatic heterocycles. The largest absolute Gasteiger partial charge is 0.504 e. The van der Waals surface area contributed by atoms with Gasteiger partial charge in [0.05, 0.1) is 30.3 Å². The Morgan fingerprint density at radius 2 is 1.69 bits per heavy atom. The van der Waals surface area contributed by atoms with Crippen LogP contribution in [-0.4, -0.2) is 36.9 Å². The predicted octanol–water partition coefficient (Wildman–Crippen LogP) is 6.81. The molecular weight excluding hydrogens is 534 g/mol. The molecule has 0 aliphatic rings.